The van der Waals surface area contributed by atoms with Crippen LogP contribution in [0, 0.1) is 38.0 Å². The van der Waals surface area contributed by atoms with E-state index in [1.807, 2.05) is 0 Å². The van der Waals surface area contributed by atoms with Crippen LogP contribution in [0.25, 0.3) is 0 Å². The highest BCUT2D eigenvalue weighted by Gasteiger charge is 2.53. The molecule has 0 aromatic heterocycles. The molecule has 2 aromatic rings. The zero-order valence-electron chi connectivity index (χ0n) is 19.0. The number of fused-ring (bicyclic) bond motifs is 1. The molecule has 2 aliphatic rings. The summed E-state index contributed by atoms with van der Waals surface area (Å²) in [7, 11) is 0. The first kappa shape index (κ1) is 24.4. The molecule has 1 aliphatic heterocycles. The fraction of sp³-hybridized carbons (Fsp3) is 0.250. The van der Waals surface area contributed by atoms with Gasteiger partial charge in [-0.3, -0.25) is 39.4 Å². The number of nitro groups is 2. The number of carbonyl (C=O) groups is 4. The van der Waals surface area contributed by atoms with Gasteiger partial charge in [0, 0.05) is 35.4 Å². The molecule has 1 aliphatic carbocycles. The van der Waals surface area contributed by atoms with Crippen LogP contribution < -0.4 is 0 Å². The van der Waals surface area contributed by atoms with Gasteiger partial charge in [0.05, 0.1) is 21.7 Å². The molecule has 3 atom stereocenters. The summed E-state index contributed by atoms with van der Waals surface area (Å²) in [4.78, 5) is 74.2. The minimum absolute atomic E-state index is 0.104. The molecule has 0 N–H and O–H groups in total. The summed E-state index contributed by atoms with van der Waals surface area (Å²) >= 11 is 0. The van der Waals surface area contributed by atoms with Gasteiger partial charge in [-0.05, 0) is 18.4 Å². The van der Waals surface area contributed by atoms with E-state index in [-0.39, 0.29) is 29.2 Å². The molecule has 0 spiro atoms. The first-order valence-corrected chi connectivity index (χ1v) is 11.0. The molecule has 4 rings (SSSR count). The van der Waals surface area contributed by atoms with Crippen molar-refractivity contribution >= 4 is 34.9 Å². The highest BCUT2D eigenvalue weighted by molar-refractivity contribution is 6.10. The normalized spacial score (nSPS) is 20.7. The Morgan fingerprint density at radius 3 is 2.14 bits per heavy atom. The topological polar surface area (TPSA) is 161 Å². The zero-order valence-corrected chi connectivity index (χ0v) is 19.0. The van der Waals surface area contributed by atoms with Crippen LogP contribution in [0.1, 0.15) is 34.1 Å². The molecule has 0 unspecified atom stereocenters. The van der Waals surface area contributed by atoms with Crippen molar-refractivity contribution in [2.45, 2.75) is 13.3 Å². The molecule has 184 valence electrons. The van der Waals surface area contributed by atoms with Crippen LogP contribution in [0.15, 0.2) is 60.7 Å². The van der Waals surface area contributed by atoms with Crippen LogP contribution in [-0.4, -0.2) is 49.9 Å². The number of ketones is 1. The summed E-state index contributed by atoms with van der Waals surface area (Å²) in [5, 5.41) is 23.7. The van der Waals surface area contributed by atoms with Crippen LogP contribution in [0.4, 0.5) is 11.4 Å². The Labute approximate surface area is 204 Å². The van der Waals surface area contributed by atoms with Gasteiger partial charge in [-0.2, -0.15) is 5.01 Å². The molecule has 2 aromatic carbocycles. The van der Waals surface area contributed by atoms with Crippen molar-refractivity contribution in [2.75, 3.05) is 6.54 Å². The minimum atomic E-state index is -0.974. The number of hydrogen-bond donors (Lipinski definition) is 0. The summed E-state index contributed by atoms with van der Waals surface area (Å²) < 4.78 is 0. The molecule has 1 fully saturated rings. The number of non-ortho nitro benzene ring substituents is 2. The molecule has 36 heavy (non-hydrogen) atoms. The molecule has 1 saturated heterocycles. The van der Waals surface area contributed by atoms with Crippen molar-refractivity contribution < 1.29 is 29.0 Å². The summed E-state index contributed by atoms with van der Waals surface area (Å²) in [6.45, 7) is 0.977. The maximum absolute atomic E-state index is 13.5. The Bertz CT molecular complexity index is 1340. The number of carbonyl (C=O) groups excluding carboxylic acids is 4. The smallest absolute Gasteiger partial charge is 0.273 e. The van der Waals surface area contributed by atoms with Gasteiger partial charge in [0.15, 0.2) is 5.78 Å². The predicted octanol–water partition coefficient (Wildman–Crippen LogP) is 2.94. The summed E-state index contributed by atoms with van der Waals surface area (Å²) in [6.07, 6.45) is 3.87. The van der Waals surface area contributed by atoms with Crippen LogP contribution in [-0.2, 0) is 9.59 Å². The highest BCUT2D eigenvalue weighted by atomic mass is 16.6. The number of rotatable bonds is 7. The van der Waals surface area contributed by atoms with Crippen molar-refractivity contribution in [1.82, 2.24) is 10.0 Å². The third kappa shape index (κ3) is 4.35. The molecule has 12 nitrogen and oxygen atoms in total. The van der Waals surface area contributed by atoms with Crippen molar-refractivity contribution in [2.24, 2.45) is 17.8 Å². The second-order valence-electron chi connectivity index (χ2n) is 8.54. The Balaban J connectivity index is 1.74. The van der Waals surface area contributed by atoms with E-state index in [4.69, 9.17) is 0 Å². The summed E-state index contributed by atoms with van der Waals surface area (Å²) in [5.74, 6) is -4.79. The van der Waals surface area contributed by atoms with Gasteiger partial charge in [0.2, 0.25) is 0 Å². The Kier molecular flexibility index (Phi) is 6.43. The molecular formula is C24H20N4O8. The number of imide groups is 1. The standard InChI is InChI=1S/C24H20N4O8/c1-14-5-2-10-19-21(14)24(32)26(23(19)31)25(22(30)16-7-4-9-18(12-16)28(35)36)13-20(29)15-6-3-8-17(11-15)27(33)34/h2-9,11-12,14,19,21H,10,13H2,1H3/t14-,19+,21-/m1/s1. The first-order chi connectivity index (χ1) is 17.1. The number of hydrazine groups is 1. The number of hydrogen-bond acceptors (Lipinski definition) is 8. The second-order valence-corrected chi connectivity index (χ2v) is 8.54. The fourth-order valence-electron chi connectivity index (χ4n) is 4.52. The number of benzene rings is 2. The van der Waals surface area contributed by atoms with Crippen LogP contribution in [0.2, 0.25) is 0 Å². The predicted molar refractivity (Wildman–Crippen MR) is 123 cm³/mol. The third-order valence-electron chi connectivity index (χ3n) is 6.30. The number of allylic oxidation sites excluding steroid dienone is 2. The maximum atomic E-state index is 13.5. The van der Waals surface area contributed by atoms with Gasteiger partial charge in [-0.15, -0.1) is 0 Å². The lowest BCUT2D eigenvalue weighted by molar-refractivity contribution is -0.385. The number of nitro benzene ring substituents is 2. The van der Waals surface area contributed by atoms with Crippen LogP contribution in [0.3, 0.4) is 0 Å². The van der Waals surface area contributed by atoms with Gasteiger partial charge in [-0.1, -0.05) is 37.3 Å². The van der Waals surface area contributed by atoms with Gasteiger partial charge >= 0.3 is 0 Å². The molecular weight excluding hydrogens is 472 g/mol. The molecule has 0 saturated carbocycles. The lowest BCUT2D eigenvalue weighted by Crippen LogP contribution is -2.52. The Morgan fingerprint density at radius 2 is 1.56 bits per heavy atom. The van der Waals surface area contributed by atoms with E-state index < -0.39 is 57.4 Å². The molecule has 0 bridgehead atoms. The number of amides is 3. The number of nitrogens with zero attached hydrogens (tertiary/aromatic N) is 4. The SMILES string of the molecule is C[C@@H]1C=CC[C@@H]2C(=O)N(N(CC(=O)c3cccc([N+](=O)[O-])c3)C(=O)c3cccc([N+](=O)[O-])c3)C(=O)[C@H]12. The zero-order chi connectivity index (χ0) is 26.1. The van der Waals surface area contributed by atoms with Crippen molar-refractivity contribution in [3.63, 3.8) is 0 Å². The molecule has 1 heterocycles. The van der Waals surface area contributed by atoms with Crippen LogP contribution in [0.5, 0.6) is 0 Å². The largest absolute Gasteiger partial charge is 0.292 e. The first-order valence-electron chi connectivity index (χ1n) is 11.0. The van der Waals surface area contributed by atoms with E-state index in [0.29, 0.717) is 10.0 Å². The summed E-state index contributed by atoms with van der Waals surface area (Å²) in [6, 6.07) is 9.51. The van der Waals surface area contributed by atoms with E-state index in [0.717, 1.165) is 12.1 Å². The second kappa shape index (κ2) is 9.49. The number of Topliss-reactive ketones (excluding diaryl/α,β-unsaturated/α-hetero) is 1. The summed E-state index contributed by atoms with van der Waals surface area (Å²) in [5.41, 5.74) is -1.06. The van der Waals surface area contributed by atoms with Gasteiger partial charge in [-0.25, -0.2) is 5.01 Å². The fourth-order valence-corrected chi connectivity index (χ4v) is 4.52. The maximum Gasteiger partial charge on any atom is 0.273 e. The van der Waals surface area contributed by atoms with E-state index in [2.05, 4.69) is 0 Å². The lowest BCUT2D eigenvalue weighted by atomic mass is 9.78. The highest BCUT2D eigenvalue weighted by Crippen LogP contribution is 2.39. The van der Waals surface area contributed by atoms with E-state index >= 15 is 0 Å². The minimum Gasteiger partial charge on any atom is -0.292 e. The van der Waals surface area contributed by atoms with E-state index in [9.17, 15) is 39.4 Å². The van der Waals surface area contributed by atoms with Crippen molar-refractivity contribution in [3.8, 4) is 0 Å². The average Bonchev–Trinajstić information content (AvgIpc) is 3.12. The van der Waals surface area contributed by atoms with E-state index in [1.165, 1.54) is 36.4 Å². The van der Waals surface area contributed by atoms with Gasteiger partial charge in [0.1, 0.15) is 6.54 Å². The molecule has 3 amide bonds. The molecule has 12 heteroatoms. The van der Waals surface area contributed by atoms with Gasteiger partial charge < -0.3 is 0 Å². The van der Waals surface area contributed by atoms with Crippen molar-refractivity contribution in [3.05, 3.63) is 92.0 Å². The monoisotopic (exact) mass is 492 g/mol. The lowest BCUT2D eigenvalue weighted by Gasteiger charge is -2.30. The third-order valence-corrected chi connectivity index (χ3v) is 6.30. The van der Waals surface area contributed by atoms with Crippen molar-refractivity contribution in [1.29, 1.82) is 0 Å². The molecule has 0 radical (unpaired) electrons. The average molecular weight is 492 g/mol. The Morgan fingerprint density at radius 1 is 0.972 bits per heavy atom. The van der Waals surface area contributed by atoms with E-state index in [1.54, 1.807) is 19.1 Å². The Hall–Kier alpha value is -4.74. The quantitative estimate of drug-likeness (QED) is 0.187. The van der Waals surface area contributed by atoms with Gasteiger partial charge in [0.25, 0.3) is 29.1 Å². The van der Waals surface area contributed by atoms with Crippen LogP contribution >= 0.6 is 0 Å².